The van der Waals surface area contributed by atoms with Gasteiger partial charge in [0.25, 0.3) is 0 Å². The summed E-state index contributed by atoms with van der Waals surface area (Å²) in [5.74, 6) is 0. The van der Waals surface area contributed by atoms with E-state index in [1.165, 1.54) is 6.08 Å². The molecule has 0 atom stereocenters. The third kappa shape index (κ3) is 2.42. The Morgan fingerprint density at radius 3 is 2.75 bits per heavy atom. The van der Waals surface area contributed by atoms with Crippen LogP contribution >= 0.6 is 0 Å². The molecule has 0 aliphatic heterocycles. The Balaban J connectivity index is 2.36. The summed E-state index contributed by atoms with van der Waals surface area (Å²) in [6, 6.07) is 13.7. The monoisotopic (exact) mass is 209 g/mol. The van der Waals surface area contributed by atoms with Crippen LogP contribution in [0.3, 0.4) is 0 Å². The van der Waals surface area contributed by atoms with E-state index in [4.69, 9.17) is 0 Å². The molecule has 0 spiro atoms. The van der Waals surface area contributed by atoms with Crippen molar-refractivity contribution in [2.24, 2.45) is 0 Å². The van der Waals surface area contributed by atoms with Gasteiger partial charge < -0.3 is 0 Å². The molecule has 1 heterocycles. The molecule has 2 aromatic rings. The van der Waals surface area contributed by atoms with Gasteiger partial charge in [-0.25, -0.2) is 0 Å². The highest BCUT2D eigenvalue weighted by Crippen LogP contribution is 2.18. The van der Waals surface area contributed by atoms with E-state index < -0.39 is 0 Å². The third-order valence-electron chi connectivity index (χ3n) is 2.21. The number of aldehydes is 1. The fourth-order valence-electron chi connectivity index (χ4n) is 1.49. The van der Waals surface area contributed by atoms with Crippen molar-refractivity contribution < 1.29 is 4.79 Å². The van der Waals surface area contributed by atoms with E-state index >= 15 is 0 Å². The molecule has 0 saturated carbocycles. The fourth-order valence-corrected chi connectivity index (χ4v) is 1.49. The Labute approximate surface area is 94.3 Å². The molecule has 0 aliphatic carbocycles. The summed E-state index contributed by atoms with van der Waals surface area (Å²) in [5.41, 5.74) is 2.98. The lowest BCUT2D eigenvalue weighted by atomic mass is 10.1. The quantitative estimate of drug-likeness (QED) is 0.574. The number of benzene rings is 1. The van der Waals surface area contributed by atoms with Gasteiger partial charge >= 0.3 is 0 Å². The molecule has 2 rings (SSSR count). The van der Waals surface area contributed by atoms with Gasteiger partial charge in [-0.05, 0) is 29.8 Å². The average Bonchev–Trinajstić information content (AvgIpc) is 2.38. The zero-order chi connectivity index (χ0) is 11.2. The fraction of sp³-hybridized carbons (Fsp3) is 0. The minimum Gasteiger partial charge on any atom is -0.299 e. The van der Waals surface area contributed by atoms with E-state index in [0.717, 1.165) is 23.1 Å². The van der Waals surface area contributed by atoms with Gasteiger partial charge in [0.05, 0.1) is 5.69 Å². The number of nitrogens with zero attached hydrogens (tertiary/aromatic N) is 1. The van der Waals surface area contributed by atoms with Gasteiger partial charge in [-0.3, -0.25) is 9.78 Å². The van der Waals surface area contributed by atoms with Gasteiger partial charge in [-0.2, -0.15) is 0 Å². The first kappa shape index (κ1) is 10.3. The molecular formula is C14H11NO. The van der Waals surface area contributed by atoms with Crippen LogP contribution in [0.2, 0.25) is 0 Å². The van der Waals surface area contributed by atoms with Crippen LogP contribution in [0.15, 0.2) is 54.7 Å². The van der Waals surface area contributed by atoms with Crippen LogP contribution in [-0.4, -0.2) is 11.3 Å². The van der Waals surface area contributed by atoms with E-state index in [0.29, 0.717) is 0 Å². The second-order valence-electron chi connectivity index (χ2n) is 3.34. The van der Waals surface area contributed by atoms with Crippen LogP contribution < -0.4 is 0 Å². The van der Waals surface area contributed by atoms with Gasteiger partial charge in [0.1, 0.15) is 6.29 Å². The Morgan fingerprint density at radius 2 is 2.00 bits per heavy atom. The van der Waals surface area contributed by atoms with E-state index in [9.17, 15) is 4.79 Å². The summed E-state index contributed by atoms with van der Waals surface area (Å²) in [6.45, 7) is 0. The first-order valence-corrected chi connectivity index (χ1v) is 5.03. The maximum atomic E-state index is 10.2. The van der Waals surface area contributed by atoms with Gasteiger partial charge in [0, 0.05) is 11.8 Å². The SMILES string of the molecule is O=CC=Cc1cccc(-c2ccccn2)c1. The van der Waals surface area contributed by atoms with Crippen molar-refractivity contribution in [3.63, 3.8) is 0 Å². The molecule has 2 nitrogen and oxygen atoms in total. The van der Waals surface area contributed by atoms with Crippen molar-refractivity contribution >= 4 is 12.4 Å². The van der Waals surface area contributed by atoms with E-state index in [2.05, 4.69) is 4.98 Å². The summed E-state index contributed by atoms with van der Waals surface area (Å²) in [4.78, 5) is 14.5. The van der Waals surface area contributed by atoms with Crippen molar-refractivity contribution in [1.29, 1.82) is 0 Å². The highest BCUT2D eigenvalue weighted by atomic mass is 16.1. The number of hydrogen-bond acceptors (Lipinski definition) is 2. The lowest BCUT2D eigenvalue weighted by Crippen LogP contribution is -1.82. The highest BCUT2D eigenvalue weighted by Gasteiger charge is 1.97. The smallest absolute Gasteiger partial charge is 0.142 e. The molecule has 0 bridgehead atoms. The number of aromatic nitrogens is 1. The Bertz CT molecular complexity index is 503. The van der Waals surface area contributed by atoms with Crippen LogP contribution in [-0.2, 0) is 4.79 Å². The number of rotatable bonds is 3. The minimum absolute atomic E-state index is 0.771. The van der Waals surface area contributed by atoms with Crippen molar-refractivity contribution in [2.45, 2.75) is 0 Å². The summed E-state index contributed by atoms with van der Waals surface area (Å²) >= 11 is 0. The van der Waals surface area contributed by atoms with Crippen LogP contribution in [0.1, 0.15) is 5.56 Å². The standard InChI is InChI=1S/C14H11NO/c16-10-4-6-12-5-3-7-13(11-12)14-8-1-2-9-15-14/h1-11H. The summed E-state index contributed by atoms with van der Waals surface area (Å²) in [7, 11) is 0. The second kappa shape index (κ2) is 5.03. The predicted molar refractivity (Wildman–Crippen MR) is 64.8 cm³/mol. The number of carbonyl (C=O) groups excluding carboxylic acids is 1. The lowest BCUT2D eigenvalue weighted by Gasteiger charge is -2.01. The van der Waals surface area contributed by atoms with E-state index in [-0.39, 0.29) is 0 Å². The van der Waals surface area contributed by atoms with Gasteiger partial charge in [-0.1, -0.05) is 30.3 Å². The molecule has 0 fully saturated rings. The van der Waals surface area contributed by atoms with Crippen LogP contribution in [0.5, 0.6) is 0 Å². The van der Waals surface area contributed by atoms with Crippen LogP contribution in [0, 0.1) is 0 Å². The second-order valence-corrected chi connectivity index (χ2v) is 3.34. The van der Waals surface area contributed by atoms with Crippen molar-refractivity contribution in [3.05, 3.63) is 60.3 Å². The van der Waals surface area contributed by atoms with Gasteiger partial charge in [-0.15, -0.1) is 0 Å². The normalized spacial score (nSPS) is 10.5. The summed E-state index contributed by atoms with van der Waals surface area (Å²) in [6.07, 6.45) is 5.80. The zero-order valence-corrected chi connectivity index (χ0v) is 8.71. The van der Waals surface area contributed by atoms with Gasteiger partial charge in [0.15, 0.2) is 0 Å². The molecule has 0 radical (unpaired) electrons. The number of allylic oxidation sites excluding steroid dienone is 1. The molecule has 1 aromatic carbocycles. The summed E-state index contributed by atoms with van der Waals surface area (Å²) in [5, 5.41) is 0. The Morgan fingerprint density at radius 1 is 1.06 bits per heavy atom. The lowest BCUT2D eigenvalue weighted by molar-refractivity contribution is -0.104. The molecule has 2 heteroatoms. The van der Waals surface area contributed by atoms with Crippen LogP contribution in [0.25, 0.3) is 17.3 Å². The van der Waals surface area contributed by atoms with E-state index in [1.54, 1.807) is 12.3 Å². The Kier molecular flexibility index (Phi) is 3.24. The van der Waals surface area contributed by atoms with Gasteiger partial charge in [0.2, 0.25) is 0 Å². The topological polar surface area (TPSA) is 30.0 Å². The molecule has 78 valence electrons. The molecule has 0 saturated heterocycles. The zero-order valence-electron chi connectivity index (χ0n) is 8.71. The molecular weight excluding hydrogens is 198 g/mol. The summed E-state index contributed by atoms with van der Waals surface area (Å²) < 4.78 is 0. The first-order chi connectivity index (χ1) is 7.90. The predicted octanol–water partition coefficient (Wildman–Crippen LogP) is 2.96. The molecule has 0 unspecified atom stereocenters. The third-order valence-corrected chi connectivity index (χ3v) is 2.21. The molecule has 0 aliphatic rings. The highest BCUT2D eigenvalue weighted by molar-refractivity contribution is 5.75. The number of hydrogen-bond donors (Lipinski definition) is 0. The number of pyridine rings is 1. The minimum atomic E-state index is 0.771. The van der Waals surface area contributed by atoms with Crippen molar-refractivity contribution in [3.8, 4) is 11.3 Å². The molecule has 0 N–H and O–H groups in total. The maximum Gasteiger partial charge on any atom is 0.142 e. The van der Waals surface area contributed by atoms with Crippen LogP contribution in [0.4, 0.5) is 0 Å². The molecule has 16 heavy (non-hydrogen) atoms. The van der Waals surface area contributed by atoms with Crippen molar-refractivity contribution in [1.82, 2.24) is 4.98 Å². The average molecular weight is 209 g/mol. The van der Waals surface area contributed by atoms with Crippen molar-refractivity contribution in [2.75, 3.05) is 0 Å². The molecule has 1 aromatic heterocycles. The largest absolute Gasteiger partial charge is 0.299 e. The molecule has 0 amide bonds. The first-order valence-electron chi connectivity index (χ1n) is 5.03. The maximum absolute atomic E-state index is 10.2. The number of carbonyl (C=O) groups is 1. The Hall–Kier alpha value is -2.22. The van der Waals surface area contributed by atoms with E-state index in [1.807, 2.05) is 42.5 Å².